The minimum Gasteiger partial charge on any atom is -0.375 e. The predicted octanol–water partition coefficient (Wildman–Crippen LogP) is 3.35. The molecule has 0 bridgehead atoms. The van der Waals surface area contributed by atoms with Crippen molar-refractivity contribution >= 4 is 22.4 Å². The zero-order chi connectivity index (χ0) is 16.9. The van der Waals surface area contributed by atoms with E-state index in [1.54, 1.807) is 6.20 Å². The lowest BCUT2D eigenvalue weighted by Gasteiger charge is -2.27. The molecular formula is C17H24N4OS. The number of aryl methyl sites for hydroxylation is 1. The maximum atomic E-state index is 12.3. The SMILES string of the molecule is CC(C)(C)CC(NC(=O)CCc1csc(N)n1)c1cccnc1. The zero-order valence-corrected chi connectivity index (χ0v) is 14.7. The number of carbonyl (C=O) groups excluding carboxylic acids is 1. The second-order valence-corrected chi connectivity index (χ2v) is 7.74. The summed E-state index contributed by atoms with van der Waals surface area (Å²) in [7, 11) is 0. The van der Waals surface area contributed by atoms with E-state index in [1.807, 2.05) is 23.7 Å². The number of carbonyl (C=O) groups is 1. The van der Waals surface area contributed by atoms with Crippen LogP contribution in [0.1, 0.15) is 50.9 Å². The van der Waals surface area contributed by atoms with Crippen LogP contribution in [0, 0.1) is 5.41 Å². The van der Waals surface area contributed by atoms with Crippen molar-refractivity contribution in [2.75, 3.05) is 5.73 Å². The third-order valence-corrected chi connectivity index (χ3v) is 4.14. The van der Waals surface area contributed by atoms with E-state index in [-0.39, 0.29) is 17.4 Å². The maximum absolute atomic E-state index is 12.3. The Kier molecular flexibility index (Phi) is 5.71. The van der Waals surface area contributed by atoms with Gasteiger partial charge in [-0.05, 0) is 29.9 Å². The molecule has 0 fully saturated rings. The van der Waals surface area contributed by atoms with Crippen LogP contribution in [-0.4, -0.2) is 15.9 Å². The summed E-state index contributed by atoms with van der Waals surface area (Å²) >= 11 is 1.40. The van der Waals surface area contributed by atoms with Gasteiger partial charge in [0, 0.05) is 24.2 Å². The summed E-state index contributed by atoms with van der Waals surface area (Å²) in [6.07, 6.45) is 5.43. The molecule has 2 heterocycles. The molecule has 3 N–H and O–H groups in total. The second-order valence-electron chi connectivity index (χ2n) is 6.85. The number of hydrogen-bond acceptors (Lipinski definition) is 5. The Hall–Kier alpha value is -1.95. The fourth-order valence-corrected chi connectivity index (χ4v) is 2.99. The first-order valence-corrected chi connectivity index (χ1v) is 8.60. The summed E-state index contributed by atoms with van der Waals surface area (Å²) in [6, 6.07) is 3.87. The number of thiazole rings is 1. The molecule has 2 aromatic rings. The van der Waals surface area contributed by atoms with Gasteiger partial charge in [0.2, 0.25) is 5.91 Å². The molecule has 0 radical (unpaired) electrons. The molecule has 5 nitrogen and oxygen atoms in total. The molecule has 2 rings (SSSR count). The highest BCUT2D eigenvalue weighted by Crippen LogP contribution is 2.29. The Balaban J connectivity index is 1.97. The number of hydrogen-bond donors (Lipinski definition) is 2. The maximum Gasteiger partial charge on any atom is 0.220 e. The first-order chi connectivity index (χ1) is 10.8. The molecule has 0 aromatic carbocycles. The van der Waals surface area contributed by atoms with Crippen molar-refractivity contribution in [2.24, 2.45) is 5.41 Å². The van der Waals surface area contributed by atoms with E-state index in [4.69, 9.17) is 5.73 Å². The predicted molar refractivity (Wildman–Crippen MR) is 94.0 cm³/mol. The van der Waals surface area contributed by atoms with Crippen molar-refractivity contribution in [3.63, 3.8) is 0 Å². The van der Waals surface area contributed by atoms with Gasteiger partial charge >= 0.3 is 0 Å². The molecule has 1 amide bonds. The number of nitrogens with zero attached hydrogens (tertiary/aromatic N) is 2. The van der Waals surface area contributed by atoms with Crippen LogP contribution in [0.25, 0.3) is 0 Å². The summed E-state index contributed by atoms with van der Waals surface area (Å²) in [5, 5.41) is 5.57. The Morgan fingerprint density at radius 2 is 2.22 bits per heavy atom. The monoisotopic (exact) mass is 332 g/mol. The van der Waals surface area contributed by atoms with Gasteiger partial charge < -0.3 is 11.1 Å². The number of rotatable bonds is 6. The van der Waals surface area contributed by atoms with Crippen LogP contribution in [0.2, 0.25) is 0 Å². The molecule has 0 saturated carbocycles. The molecule has 124 valence electrons. The van der Waals surface area contributed by atoms with Crippen LogP contribution in [0.4, 0.5) is 5.13 Å². The minimum absolute atomic E-state index is 0.0228. The minimum atomic E-state index is -0.0308. The normalized spacial score (nSPS) is 12.8. The number of nitrogen functional groups attached to an aromatic ring is 1. The highest BCUT2D eigenvalue weighted by molar-refractivity contribution is 7.13. The molecule has 23 heavy (non-hydrogen) atoms. The van der Waals surface area contributed by atoms with Gasteiger partial charge in [-0.25, -0.2) is 4.98 Å². The third-order valence-electron chi connectivity index (χ3n) is 3.42. The number of amides is 1. The van der Waals surface area contributed by atoms with E-state index in [0.29, 0.717) is 18.0 Å². The van der Waals surface area contributed by atoms with Crippen LogP contribution in [0.15, 0.2) is 29.9 Å². The Morgan fingerprint density at radius 3 is 2.78 bits per heavy atom. The van der Waals surface area contributed by atoms with Crippen molar-refractivity contribution in [1.29, 1.82) is 0 Å². The van der Waals surface area contributed by atoms with Crippen LogP contribution < -0.4 is 11.1 Å². The van der Waals surface area contributed by atoms with Gasteiger partial charge in [-0.2, -0.15) is 0 Å². The fraction of sp³-hybridized carbons (Fsp3) is 0.471. The summed E-state index contributed by atoms with van der Waals surface area (Å²) in [5.41, 5.74) is 7.63. The second kappa shape index (κ2) is 7.55. The van der Waals surface area contributed by atoms with Gasteiger partial charge in [0.15, 0.2) is 5.13 Å². The number of aromatic nitrogens is 2. The van der Waals surface area contributed by atoms with E-state index in [9.17, 15) is 4.79 Å². The van der Waals surface area contributed by atoms with Crippen molar-refractivity contribution in [3.8, 4) is 0 Å². The number of nitrogens with two attached hydrogens (primary N) is 1. The number of anilines is 1. The fourth-order valence-electron chi connectivity index (χ4n) is 2.39. The molecule has 0 spiro atoms. The average molecular weight is 332 g/mol. The lowest BCUT2D eigenvalue weighted by Crippen LogP contribution is -2.31. The van der Waals surface area contributed by atoms with Gasteiger partial charge in [0.05, 0.1) is 11.7 Å². The van der Waals surface area contributed by atoms with Crippen molar-refractivity contribution in [1.82, 2.24) is 15.3 Å². The Morgan fingerprint density at radius 1 is 1.43 bits per heavy atom. The Bertz CT molecular complexity index is 634. The van der Waals surface area contributed by atoms with E-state index in [0.717, 1.165) is 17.7 Å². The topological polar surface area (TPSA) is 80.9 Å². The van der Waals surface area contributed by atoms with Crippen LogP contribution >= 0.6 is 11.3 Å². The lowest BCUT2D eigenvalue weighted by molar-refractivity contribution is -0.122. The standard InChI is InChI=1S/C17H24N4OS/c1-17(2,3)9-14(12-5-4-8-19-10-12)21-15(22)7-6-13-11-23-16(18)20-13/h4-5,8,10-11,14H,6-7,9H2,1-3H3,(H2,18,20)(H,21,22). The lowest BCUT2D eigenvalue weighted by atomic mass is 9.85. The first-order valence-electron chi connectivity index (χ1n) is 7.73. The summed E-state index contributed by atoms with van der Waals surface area (Å²) in [6.45, 7) is 6.50. The first kappa shape index (κ1) is 17.4. The number of pyridine rings is 1. The summed E-state index contributed by atoms with van der Waals surface area (Å²) < 4.78 is 0. The van der Waals surface area contributed by atoms with E-state index in [2.05, 4.69) is 36.1 Å². The van der Waals surface area contributed by atoms with Crippen molar-refractivity contribution in [3.05, 3.63) is 41.2 Å². The van der Waals surface area contributed by atoms with Gasteiger partial charge in [0.1, 0.15) is 0 Å². The zero-order valence-electron chi connectivity index (χ0n) is 13.9. The van der Waals surface area contributed by atoms with Gasteiger partial charge in [0.25, 0.3) is 0 Å². The Labute approximate surface area is 141 Å². The average Bonchev–Trinajstić information content (AvgIpc) is 2.90. The molecule has 0 saturated heterocycles. The molecule has 0 aliphatic carbocycles. The van der Waals surface area contributed by atoms with Crippen molar-refractivity contribution in [2.45, 2.75) is 46.1 Å². The third kappa shape index (κ3) is 5.98. The van der Waals surface area contributed by atoms with Crippen molar-refractivity contribution < 1.29 is 4.79 Å². The van der Waals surface area contributed by atoms with Gasteiger partial charge in [-0.15, -0.1) is 11.3 Å². The highest BCUT2D eigenvalue weighted by atomic mass is 32.1. The highest BCUT2D eigenvalue weighted by Gasteiger charge is 2.22. The van der Waals surface area contributed by atoms with Gasteiger partial charge in [-0.3, -0.25) is 9.78 Å². The molecule has 6 heteroatoms. The molecule has 1 atom stereocenters. The van der Waals surface area contributed by atoms with Gasteiger partial charge in [-0.1, -0.05) is 26.8 Å². The summed E-state index contributed by atoms with van der Waals surface area (Å²) in [5.74, 6) is 0.0228. The molecule has 1 unspecified atom stereocenters. The molecule has 2 aromatic heterocycles. The van der Waals surface area contributed by atoms with E-state index < -0.39 is 0 Å². The van der Waals surface area contributed by atoms with Crippen LogP contribution in [-0.2, 0) is 11.2 Å². The smallest absolute Gasteiger partial charge is 0.220 e. The molecular weight excluding hydrogens is 308 g/mol. The molecule has 0 aliphatic heterocycles. The largest absolute Gasteiger partial charge is 0.375 e. The quantitative estimate of drug-likeness (QED) is 0.850. The summed E-state index contributed by atoms with van der Waals surface area (Å²) in [4.78, 5) is 20.7. The molecule has 0 aliphatic rings. The van der Waals surface area contributed by atoms with Crippen LogP contribution in [0.5, 0.6) is 0 Å². The van der Waals surface area contributed by atoms with Crippen LogP contribution in [0.3, 0.4) is 0 Å². The van der Waals surface area contributed by atoms with E-state index in [1.165, 1.54) is 11.3 Å². The number of nitrogens with one attached hydrogen (secondary N) is 1. The van der Waals surface area contributed by atoms with E-state index >= 15 is 0 Å².